The van der Waals surface area contributed by atoms with Gasteiger partial charge in [-0.3, -0.25) is 4.79 Å². The largest absolute Gasteiger partial charge is 0.409 e. The van der Waals surface area contributed by atoms with E-state index in [1.54, 1.807) is 12.1 Å². The number of hydrogen-bond donors (Lipinski definition) is 3. The number of nitrogens with two attached hydrogens (primary N) is 1. The number of nitrogens with zero attached hydrogens (tertiary/aromatic N) is 1. The van der Waals surface area contributed by atoms with Crippen molar-refractivity contribution in [3.63, 3.8) is 0 Å². The molecule has 5 nitrogen and oxygen atoms in total. The minimum atomic E-state index is -0.715. The Bertz CT molecular complexity index is 508. The smallest absolute Gasteiger partial charge is 0.252 e. The monoisotopic (exact) mass is 387 g/mol. The molecule has 1 amide bonds. The number of rotatable bonds is 3. The van der Waals surface area contributed by atoms with E-state index in [2.05, 4.69) is 33.1 Å². The first-order valence-corrected chi connectivity index (χ1v) is 7.71. The molecule has 0 bridgehead atoms. The average Bonchev–Trinajstić information content (AvgIpc) is 2.48. The normalized spacial score (nSPS) is 18.6. The number of hydrogen-bond acceptors (Lipinski definition) is 3. The Labute approximate surface area is 131 Å². The van der Waals surface area contributed by atoms with Gasteiger partial charge in [0.05, 0.1) is 0 Å². The van der Waals surface area contributed by atoms with Gasteiger partial charge in [0.1, 0.15) is 5.54 Å². The molecule has 0 atom stereocenters. The standard InChI is InChI=1S/C14H18IN3O2/c15-11-6-4-10(5-7-11)12(19)17-14(13(16)18-20)8-2-1-3-9-14/h4-7,20H,1-3,8-9H2,(H2,16,18)(H,17,19). The third-order valence-electron chi connectivity index (χ3n) is 3.76. The molecule has 0 radical (unpaired) electrons. The van der Waals surface area contributed by atoms with E-state index in [1.165, 1.54) is 0 Å². The number of benzene rings is 1. The van der Waals surface area contributed by atoms with Crippen LogP contribution in [-0.2, 0) is 0 Å². The zero-order valence-corrected chi connectivity index (χ0v) is 13.3. The summed E-state index contributed by atoms with van der Waals surface area (Å²) in [5, 5.41) is 15.1. The molecule has 0 heterocycles. The number of amidine groups is 1. The summed E-state index contributed by atoms with van der Waals surface area (Å²) in [6, 6.07) is 7.32. The summed E-state index contributed by atoms with van der Waals surface area (Å²) in [7, 11) is 0. The van der Waals surface area contributed by atoms with Gasteiger partial charge in [0, 0.05) is 9.13 Å². The van der Waals surface area contributed by atoms with Crippen molar-refractivity contribution in [3.05, 3.63) is 33.4 Å². The van der Waals surface area contributed by atoms with E-state index in [1.807, 2.05) is 12.1 Å². The van der Waals surface area contributed by atoms with Gasteiger partial charge in [0.25, 0.3) is 5.91 Å². The fraction of sp³-hybridized carbons (Fsp3) is 0.429. The third-order valence-corrected chi connectivity index (χ3v) is 4.48. The van der Waals surface area contributed by atoms with Gasteiger partial charge in [-0.25, -0.2) is 0 Å². The van der Waals surface area contributed by atoms with Gasteiger partial charge in [-0.15, -0.1) is 0 Å². The van der Waals surface area contributed by atoms with Crippen LogP contribution in [0, 0.1) is 3.57 Å². The lowest BCUT2D eigenvalue weighted by atomic mass is 9.80. The van der Waals surface area contributed by atoms with Crippen molar-refractivity contribution < 1.29 is 10.0 Å². The number of carbonyl (C=O) groups is 1. The number of carbonyl (C=O) groups excluding carboxylic acids is 1. The van der Waals surface area contributed by atoms with Gasteiger partial charge in [0.15, 0.2) is 5.84 Å². The molecule has 20 heavy (non-hydrogen) atoms. The molecule has 0 saturated heterocycles. The van der Waals surface area contributed by atoms with E-state index in [0.717, 1.165) is 22.8 Å². The van der Waals surface area contributed by atoms with Gasteiger partial charge < -0.3 is 16.3 Å². The van der Waals surface area contributed by atoms with Gasteiger partial charge >= 0.3 is 0 Å². The molecule has 1 aliphatic rings. The van der Waals surface area contributed by atoms with E-state index >= 15 is 0 Å². The Morgan fingerprint density at radius 3 is 2.40 bits per heavy atom. The Hall–Kier alpha value is -1.31. The Morgan fingerprint density at radius 2 is 1.85 bits per heavy atom. The molecule has 6 heteroatoms. The Kier molecular flexibility index (Phi) is 4.85. The second kappa shape index (κ2) is 6.43. The van der Waals surface area contributed by atoms with Crippen molar-refractivity contribution in [1.82, 2.24) is 5.32 Å². The quantitative estimate of drug-likeness (QED) is 0.245. The molecule has 0 spiro atoms. The second-order valence-corrected chi connectivity index (χ2v) is 6.33. The van der Waals surface area contributed by atoms with E-state index in [0.29, 0.717) is 18.4 Å². The zero-order valence-electron chi connectivity index (χ0n) is 11.1. The van der Waals surface area contributed by atoms with Crippen LogP contribution in [-0.4, -0.2) is 22.5 Å². The first kappa shape index (κ1) is 15.1. The van der Waals surface area contributed by atoms with E-state index < -0.39 is 5.54 Å². The summed E-state index contributed by atoms with van der Waals surface area (Å²) in [4.78, 5) is 12.3. The molecule has 2 rings (SSSR count). The lowest BCUT2D eigenvalue weighted by Gasteiger charge is -2.36. The third kappa shape index (κ3) is 3.23. The van der Waals surface area contributed by atoms with Crippen LogP contribution in [0.5, 0.6) is 0 Å². The van der Waals surface area contributed by atoms with Crippen LogP contribution in [0.1, 0.15) is 42.5 Å². The predicted molar refractivity (Wildman–Crippen MR) is 85.9 cm³/mol. The molecule has 4 N–H and O–H groups in total. The molecule has 108 valence electrons. The summed E-state index contributed by atoms with van der Waals surface area (Å²) in [6.45, 7) is 0. The van der Waals surface area contributed by atoms with Crippen molar-refractivity contribution in [1.29, 1.82) is 0 Å². The maximum atomic E-state index is 12.3. The summed E-state index contributed by atoms with van der Waals surface area (Å²) in [5.41, 5.74) is 5.69. The van der Waals surface area contributed by atoms with Crippen LogP contribution in [0.3, 0.4) is 0 Å². The molecule has 1 aliphatic carbocycles. The van der Waals surface area contributed by atoms with Crippen molar-refractivity contribution in [3.8, 4) is 0 Å². The highest BCUT2D eigenvalue weighted by Gasteiger charge is 2.38. The second-order valence-electron chi connectivity index (χ2n) is 5.09. The zero-order chi connectivity index (χ0) is 14.6. The molecule has 0 aromatic heterocycles. The van der Waals surface area contributed by atoms with Crippen LogP contribution < -0.4 is 11.1 Å². The highest BCUT2D eigenvalue weighted by Crippen LogP contribution is 2.29. The Balaban J connectivity index is 2.19. The first-order valence-electron chi connectivity index (χ1n) is 6.63. The minimum Gasteiger partial charge on any atom is -0.409 e. The molecule has 0 unspecified atom stereocenters. The predicted octanol–water partition coefficient (Wildman–Crippen LogP) is 2.47. The SMILES string of the molecule is N/C(=N/O)C1(NC(=O)c2ccc(I)cc2)CCCCC1. The topological polar surface area (TPSA) is 87.7 Å². The molecular weight excluding hydrogens is 369 g/mol. The van der Waals surface area contributed by atoms with Crippen LogP contribution in [0.15, 0.2) is 29.4 Å². The van der Waals surface area contributed by atoms with Crippen LogP contribution in [0.25, 0.3) is 0 Å². The number of halogens is 1. The van der Waals surface area contributed by atoms with Gasteiger partial charge in [0.2, 0.25) is 0 Å². The molecule has 1 aromatic rings. The maximum Gasteiger partial charge on any atom is 0.252 e. The number of amides is 1. The van der Waals surface area contributed by atoms with Crippen LogP contribution in [0.4, 0.5) is 0 Å². The average molecular weight is 387 g/mol. The molecule has 1 fully saturated rings. The summed E-state index contributed by atoms with van der Waals surface area (Å²) in [6.07, 6.45) is 4.45. The van der Waals surface area contributed by atoms with Crippen molar-refractivity contribution in [2.24, 2.45) is 10.9 Å². The van der Waals surface area contributed by atoms with Crippen molar-refractivity contribution in [2.75, 3.05) is 0 Å². The number of nitrogens with one attached hydrogen (secondary N) is 1. The van der Waals surface area contributed by atoms with E-state index in [-0.39, 0.29) is 11.7 Å². The van der Waals surface area contributed by atoms with Gasteiger partial charge in [-0.05, 0) is 59.7 Å². The van der Waals surface area contributed by atoms with Gasteiger partial charge in [-0.1, -0.05) is 24.4 Å². The fourth-order valence-electron chi connectivity index (χ4n) is 2.59. The van der Waals surface area contributed by atoms with Crippen molar-refractivity contribution >= 4 is 34.3 Å². The summed E-state index contributed by atoms with van der Waals surface area (Å²) < 4.78 is 1.07. The number of oxime groups is 1. The lowest BCUT2D eigenvalue weighted by Crippen LogP contribution is -2.58. The minimum absolute atomic E-state index is 0.0936. The Morgan fingerprint density at radius 1 is 1.25 bits per heavy atom. The highest BCUT2D eigenvalue weighted by atomic mass is 127. The molecule has 0 aliphatic heterocycles. The lowest BCUT2D eigenvalue weighted by molar-refractivity contribution is 0.0905. The molecule has 1 saturated carbocycles. The molecular formula is C14H18IN3O2. The van der Waals surface area contributed by atoms with E-state index in [4.69, 9.17) is 10.9 Å². The molecule has 1 aromatic carbocycles. The van der Waals surface area contributed by atoms with Crippen LogP contribution in [0.2, 0.25) is 0 Å². The summed E-state index contributed by atoms with van der Waals surface area (Å²) in [5.74, 6) is -0.0917. The van der Waals surface area contributed by atoms with Crippen molar-refractivity contribution in [2.45, 2.75) is 37.6 Å². The fourth-order valence-corrected chi connectivity index (χ4v) is 2.95. The first-order chi connectivity index (χ1) is 9.57. The van der Waals surface area contributed by atoms with Gasteiger partial charge in [-0.2, -0.15) is 0 Å². The summed E-state index contributed by atoms with van der Waals surface area (Å²) >= 11 is 2.19. The highest BCUT2D eigenvalue weighted by molar-refractivity contribution is 14.1. The maximum absolute atomic E-state index is 12.3. The van der Waals surface area contributed by atoms with E-state index in [9.17, 15) is 4.79 Å². The van der Waals surface area contributed by atoms with Crippen LogP contribution >= 0.6 is 22.6 Å².